The summed E-state index contributed by atoms with van der Waals surface area (Å²) in [6.45, 7) is 19.2. The number of Topliss-reactive ketones (excluding diaryl/α,β-unsaturated/α-hetero) is 1. The SMILES string of the molecule is CCN1CC[C@@H](CC(=O)c2nc(C(C)(C)C)no2)c2ccc(B3OC(C)(C)C(C)(C)O3)cc2C1. The predicted octanol–water partition coefficient (Wildman–Crippen LogP) is 4.25. The lowest BCUT2D eigenvalue weighted by Crippen LogP contribution is -2.41. The Morgan fingerprint density at radius 2 is 1.85 bits per heavy atom. The molecular formula is C26H38BN3O4. The third-order valence-electron chi connectivity index (χ3n) is 7.53. The molecule has 2 aliphatic rings. The second-order valence-electron chi connectivity index (χ2n) is 11.7. The van der Waals surface area contributed by atoms with E-state index in [0.717, 1.165) is 31.5 Å². The third-order valence-corrected chi connectivity index (χ3v) is 7.53. The van der Waals surface area contributed by atoms with Crippen molar-refractivity contribution in [1.82, 2.24) is 15.0 Å². The second kappa shape index (κ2) is 8.88. The van der Waals surface area contributed by atoms with Crippen LogP contribution in [0.25, 0.3) is 0 Å². The van der Waals surface area contributed by atoms with E-state index < -0.39 is 7.12 Å². The van der Waals surface area contributed by atoms with Gasteiger partial charge in [-0.1, -0.05) is 51.1 Å². The van der Waals surface area contributed by atoms with Crippen LogP contribution in [0.4, 0.5) is 0 Å². The van der Waals surface area contributed by atoms with Gasteiger partial charge in [0, 0.05) is 18.4 Å². The number of nitrogens with zero attached hydrogens (tertiary/aromatic N) is 3. The van der Waals surface area contributed by atoms with E-state index in [1.54, 1.807) is 0 Å². The van der Waals surface area contributed by atoms with Crippen LogP contribution >= 0.6 is 0 Å². The highest BCUT2D eigenvalue weighted by atomic mass is 16.7. The van der Waals surface area contributed by atoms with E-state index in [0.29, 0.717) is 12.2 Å². The molecule has 3 heterocycles. The van der Waals surface area contributed by atoms with Crippen LogP contribution in [0, 0.1) is 0 Å². The summed E-state index contributed by atoms with van der Waals surface area (Å²) >= 11 is 0. The minimum Gasteiger partial charge on any atom is -0.399 e. The standard InChI is InChI=1S/C26H38BN3O4/c1-9-30-13-12-17(15-21(31)22-28-23(29-32-22)24(2,3)4)20-11-10-19(14-18(20)16-30)27-33-25(5,6)26(7,8)34-27/h10-11,14,17H,9,12-13,15-16H2,1-8H3/t17-/m0/s1. The first-order chi connectivity index (χ1) is 15.8. The summed E-state index contributed by atoms with van der Waals surface area (Å²) in [4.78, 5) is 19.9. The summed E-state index contributed by atoms with van der Waals surface area (Å²) in [5.41, 5.74) is 2.43. The molecule has 1 aromatic heterocycles. The smallest absolute Gasteiger partial charge is 0.399 e. The molecule has 4 rings (SSSR count). The second-order valence-corrected chi connectivity index (χ2v) is 11.7. The number of hydrogen-bond donors (Lipinski definition) is 0. The zero-order valence-corrected chi connectivity index (χ0v) is 21.9. The summed E-state index contributed by atoms with van der Waals surface area (Å²) in [7, 11) is -0.400. The molecule has 0 amide bonds. The van der Waals surface area contributed by atoms with Crippen molar-refractivity contribution in [3.8, 4) is 0 Å². The van der Waals surface area contributed by atoms with Crippen LogP contribution in [-0.2, 0) is 21.3 Å². The van der Waals surface area contributed by atoms with Crippen molar-refractivity contribution in [2.45, 2.75) is 97.3 Å². The average Bonchev–Trinajstić information content (AvgIpc) is 3.27. The zero-order valence-electron chi connectivity index (χ0n) is 21.9. The number of rotatable bonds is 5. The van der Waals surface area contributed by atoms with Gasteiger partial charge in [-0.25, -0.2) is 0 Å². The number of hydrogen-bond acceptors (Lipinski definition) is 7. The molecule has 184 valence electrons. The third kappa shape index (κ3) is 4.86. The van der Waals surface area contributed by atoms with E-state index in [1.165, 1.54) is 11.1 Å². The monoisotopic (exact) mass is 467 g/mol. The summed E-state index contributed by atoms with van der Waals surface area (Å²) < 4.78 is 17.9. The first-order valence-electron chi connectivity index (χ1n) is 12.4. The molecule has 0 radical (unpaired) electrons. The molecule has 1 saturated heterocycles. The fourth-order valence-corrected chi connectivity index (χ4v) is 4.53. The first-order valence-corrected chi connectivity index (χ1v) is 12.4. The Morgan fingerprint density at radius 1 is 1.18 bits per heavy atom. The van der Waals surface area contributed by atoms with Crippen molar-refractivity contribution in [2.24, 2.45) is 0 Å². The van der Waals surface area contributed by atoms with Crippen LogP contribution in [-0.4, -0.2) is 52.2 Å². The Kier molecular flexibility index (Phi) is 6.55. The molecule has 34 heavy (non-hydrogen) atoms. The van der Waals surface area contributed by atoms with Crippen molar-refractivity contribution < 1.29 is 18.6 Å². The highest BCUT2D eigenvalue weighted by Gasteiger charge is 2.51. The van der Waals surface area contributed by atoms with Gasteiger partial charge in [-0.05, 0) is 69.7 Å². The Bertz CT molecular complexity index is 1040. The highest BCUT2D eigenvalue weighted by Crippen LogP contribution is 2.37. The normalized spacial score (nSPS) is 22.5. The van der Waals surface area contributed by atoms with Crippen LogP contribution in [0.15, 0.2) is 22.7 Å². The predicted molar refractivity (Wildman–Crippen MR) is 132 cm³/mol. The van der Waals surface area contributed by atoms with Crippen LogP contribution in [0.2, 0.25) is 0 Å². The maximum absolute atomic E-state index is 13.1. The van der Waals surface area contributed by atoms with Gasteiger partial charge in [-0.3, -0.25) is 9.69 Å². The van der Waals surface area contributed by atoms with Gasteiger partial charge in [0.25, 0.3) is 5.89 Å². The number of carbonyl (C=O) groups excluding carboxylic acids is 1. The molecule has 8 heteroatoms. The number of aromatic nitrogens is 2. The summed E-state index contributed by atoms with van der Waals surface area (Å²) in [6, 6.07) is 6.44. The average molecular weight is 467 g/mol. The van der Waals surface area contributed by atoms with Gasteiger partial charge < -0.3 is 13.8 Å². The van der Waals surface area contributed by atoms with Crippen molar-refractivity contribution in [1.29, 1.82) is 0 Å². The van der Waals surface area contributed by atoms with E-state index in [9.17, 15) is 4.79 Å². The Labute approximate surface area is 203 Å². The van der Waals surface area contributed by atoms with Crippen LogP contribution in [0.5, 0.6) is 0 Å². The molecule has 0 saturated carbocycles. The van der Waals surface area contributed by atoms with Crippen molar-refractivity contribution in [2.75, 3.05) is 13.1 Å². The summed E-state index contributed by atoms with van der Waals surface area (Å²) in [6.07, 6.45) is 1.26. The number of benzene rings is 1. The molecule has 2 aromatic rings. The highest BCUT2D eigenvalue weighted by molar-refractivity contribution is 6.62. The minimum atomic E-state index is -0.400. The topological polar surface area (TPSA) is 77.7 Å². The van der Waals surface area contributed by atoms with Crippen molar-refractivity contribution in [3.05, 3.63) is 41.0 Å². The van der Waals surface area contributed by atoms with Crippen LogP contribution in [0.3, 0.4) is 0 Å². The van der Waals surface area contributed by atoms with Crippen LogP contribution in [0.1, 0.15) is 102 Å². The summed E-state index contributed by atoms with van der Waals surface area (Å²) in [5.74, 6) is 0.661. The molecule has 2 aliphatic heterocycles. The van der Waals surface area contributed by atoms with Gasteiger partial charge in [-0.2, -0.15) is 4.98 Å². The number of carbonyl (C=O) groups is 1. The van der Waals surface area contributed by atoms with Gasteiger partial charge in [0.1, 0.15) is 0 Å². The molecule has 0 bridgehead atoms. The Morgan fingerprint density at radius 3 is 2.44 bits per heavy atom. The van der Waals surface area contributed by atoms with Crippen molar-refractivity contribution >= 4 is 18.4 Å². The largest absolute Gasteiger partial charge is 0.494 e. The maximum atomic E-state index is 13.1. The van der Waals surface area contributed by atoms with Gasteiger partial charge in [0.05, 0.1) is 11.2 Å². The zero-order chi connectivity index (χ0) is 24.9. The van der Waals surface area contributed by atoms with Crippen molar-refractivity contribution in [3.63, 3.8) is 0 Å². The fraction of sp³-hybridized carbons (Fsp3) is 0.654. The molecule has 1 atom stereocenters. The number of fused-ring (bicyclic) bond motifs is 1. The first kappa shape index (κ1) is 25.1. The molecule has 7 nitrogen and oxygen atoms in total. The van der Waals surface area contributed by atoms with E-state index >= 15 is 0 Å². The Hall–Kier alpha value is -2.03. The van der Waals surface area contributed by atoms with Gasteiger partial charge in [-0.15, -0.1) is 0 Å². The van der Waals surface area contributed by atoms with Gasteiger partial charge in [0.2, 0.25) is 5.78 Å². The lowest BCUT2D eigenvalue weighted by Gasteiger charge is -2.32. The minimum absolute atomic E-state index is 0.0939. The van der Waals surface area contributed by atoms with Crippen LogP contribution < -0.4 is 5.46 Å². The lowest BCUT2D eigenvalue weighted by molar-refractivity contribution is 0.00578. The van der Waals surface area contributed by atoms with E-state index in [1.807, 2.05) is 20.8 Å². The van der Waals surface area contributed by atoms with E-state index in [2.05, 4.69) is 67.9 Å². The Balaban J connectivity index is 1.59. The molecule has 1 fully saturated rings. The van der Waals surface area contributed by atoms with E-state index in [-0.39, 0.29) is 34.2 Å². The van der Waals surface area contributed by atoms with Gasteiger partial charge in [0.15, 0.2) is 5.82 Å². The van der Waals surface area contributed by atoms with Gasteiger partial charge >= 0.3 is 7.12 Å². The lowest BCUT2D eigenvalue weighted by atomic mass is 9.76. The fourth-order valence-electron chi connectivity index (χ4n) is 4.53. The van der Waals surface area contributed by atoms with E-state index in [4.69, 9.17) is 13.8 Å². The molecule has 0 N–H and O–H groups in total. The molecule has 1 aromatic carbocycles. The summed E-state index contributed by atoms with van der Waals surface area (Å²) in [5, 5.41) is 4.03. The molecular weight excluding hydrogens is 429 g/mol. The number of ketones is 1. The molecule has 0 aliphatic carbocycles. The maximum Gasteiger partial charge on any atom is 0.494 e. The molecule has 0 spiro atoms. The quantitative estimate of drug-likeness (QED) is 0.481. The molecule has 0 unspecified atom stereocenters.